The molecule has 0 aromatic heterocycles. The third kappa shape index (κ3) is 5.73. The largest absolute Gasteiger partial charge is 0.276 e. The second kappa shape index (κ2) is 3.70. The average molecular weight is 151 g/mol. The fraction of sp³-hybridized carbons (Fsp3) is 0. The standard InChI is InChI=1S/C5H4Cl2O/c1-4(6)2-3-5(7)8/h2-3H,1H2. The molecule has 0 saturated heterocycles. The molecule has 44 valence electrons. The summed E-state index contributed by atoms with van der Waals surface area (Å²) < 4.78 is 0. The van der Waals surface area contributed by atoms with Gasteiger partial charge in [0, 0.05) is 5.03 Å². The van der Waals surface area contributed by atoms with Crippen LogP contribution in [0.3, 0.4) is 0 Å². The van der Waals surface area contributed by atoms with E-state index in [4.69, 9.17) is 23.2 Å². The van der Waals surface area contributed by atoms with Gasteiger partial charge in [-0.05, 0) is 23.8 Å². The Balaban J connectivity index is 3.67. The molecule has 0 N–H and O–H groups in total. The van der Waals surface area contributed by atoms with Crippen LogP contribution in [0, 0.1) is 0 Å². The highest BCUT2D eigenvalue weighted by Gasteiger charge is 1.83. The smallest absolute Gasteiger partial charge is 0.245 e. The third-order valence-electron chi connectivity index (χ3n) is 0.395. The van der Waals surface area contributed by atoms with E-state index in [1.165, 1.54) is 6.08 Å². The van der Waals surface area contributed by atoms with Crippen LogP contribution in [0.25, 0.3) is 0 Å². The Hall–Kier alpha value is -0.270. The van der Waals surface area contributed by atoms with E-state index in [1.807, 2.05) is 0 Å². The van der Waals surface area contributed by atoms with Crippen LogP contribution in [-0.4, -0.2) is 5.24 Å². The van der Waals surface area contributed by atoms with E-state index in [9.17, 15) is 4.79 Å². The van der Waals surface area contributed by atoms with Crippen molar-refractivity contribution in [1.82, 2.24) is 0 Å². The molecular weight excluding hydrogens is 147 g/mol. The Morgan fingerprint density at radius 3 is 2.00 bits per heavy atom. The third-order valence-corrected chi connectivity index (χ3v) is 0.647. The van der Waals surface area contributed by atoms with Crippen molar-refractivity contribution in [3.63, 3.8) is 0 Å². The SMILES string of the molecule is C=C(Cl)C=CC(=O)Cl. The Bertz CT molecular complexity index is 121. The van der Waals surface area contributed by atoms with Crippen molar-refractivity contribution in [2.24, 2.45) is 0 Å². The first-order valence-corrected chi connectivity index (χ1v) is 2.60. The van der Waals surface area contributed by atoms with Gasteiger partial charge in [-0.2, -0.15) is 0 Å². The van der Waals surface area contributed by atoms with Gasteiger partial charge >= 0.3 is 0 Å². The summed E-state index contributed by atoms with van der Waals surface area (Å²) in [5.41, 5.74) is 0. The highest BCUT2D eigenvalue weighted by Crippen LogP contribution is 1.97. The van der Waals surface area contributed by atoms with E-state index in [-0.39, 0.29) is 0 Å². The maximum Gasteiger partial charge on any atom is 0.245 e. The fourth-order valence-corrected chi connectivity index (χ4v) is 0.282. The van der Waals surface area contributed by atoms with Crippen LogP contribution in [0.15, 0.2) is 23.8 Å². The van der Waals surface area contributed by atoms with Crippen LogP contribution in [-0.2, 0) is 4.79 Å². The minimum Gasteiger partial charge on any atom is -0.276 e. The van der Waals surface area contributed by atoms with Gasteiger partial charge in [0.2, 0.25) is 5.24 Å². The van der Waals surface area contributed by atoms with Crippen LogP contribution < -0.4 is 0 Å². The van der Waals surface area contributed by atoms with E-state index in [1.54, 1.807) is 0 Å². The minimum absolute atomic E-state index is 0.291. The maximum atomic E-state index is 9.93. The van der Waals surface area contributed by atoms with Gasteiger partial charge in [-0.15, -0.1) is 0 Å². The monoisotopic (exact) mass is 150 g/mol. The van der Waals surface area contributed by atoms with Gasteiger partial charge in [-0.1, -0.05) is 18.2 Å². The first-order chi connectivity index (χ1) is 3.63. The van der Waals surface area contributed by atoms with Crippen LogP contribution in [0.4, 0.5) is 0 Å². The number of hydrogen-bond acceptors (Lipinski definition) is 1. The quantitative estimate of drug-likeness (QED) is 0.335. The lowest BCUT2D eigenvalue weighted by molar-refractivity contribution is -0.107. The van der Waals surface area contributed by atoms with Crippen molar-refractivity contribution in [3.05, 3.63) is 23.8 Å². The lowest BCUT2D eigenvalue weighted by Crippen LogP contribution is -1.72. The number of halogens is 2. The molecule has 0 bridgehead atoms. The molecule has 0 saturated carbocycles. The maximum absolute atomic E-state index is 9.93. The molecule has 8 heavy (non-hydrogen) atoms. The Morgan fingerprint density at radius 1 is 1.38 bits per heavy atom. The van der Waals surface area contributed by atoms with Gasteiger partial charge in [0.25, 0.3) is 0 Å². The van der Waals surface area contributed by atoms with Crippen molar-refractivity contribution in [3.8, 4) is 0 Å². The van der Waals surface area contributed by atoms with E-state index >= 15 is 0 Å². The molecule has 0 aliphatic heterocycles. The lowest BCUT2D eigenvalue weighted by Gasteiger charge is -1.76. The predicted molar refractivity (Wildman–Crippen MR) is 35.0 cm³/mol. The molecule has 0 heterocycles. The zero-order valence-electron chi connectivity index (χ0n) is 4.03. The molecule has 0 fully saturated rings. The molecule has 0 unspecified atom stereocenters. The van der Waals surface area contributed by atoms with Gasteiger partial charge in [-0.25, -0.2) is 0 Å². The molecule has 0 spiro atoms. The number of hydrogen-bond donors (Lipinski definition) is 0. The topological polar surface area (TPSA) is 17.1 Å². The van der Waals surface area contributed by atoms with E-state index in [2.05, 4.69) is 6.58 Å². The zero-order chi connectivity index (χ0) is 6.57. The Morgan fingerprint density at radius 2 is 1.88 bits per heavy atom. The first-order valence-electron chi connectivity index (χ1n) is 1.85. The predicted octanol–water partition coefficient (Wildman–Crippen LogP) is 2.06. The van der Waals surface area contributed by atoms with Gasteiger partial charge in [0.05, 0.1) is 0 Å². The minimum atomic E-state index is -0.549. The van der Waals surface area contributed by atoms with E-state index in [0.29, 0.717) is 5.03 Å². The molecule has 0 rings (SSSR count). The van der Waals surface area contributed by atoms with Gasteiger partial charge in [0.15, 0.2) is 0 Å². The summed E-state index contributed by atoms with van der Waals surface area (Å²) in [5, 5.41) is -0.259. The molecule has 0 amide bonds. The number of rotatable bonds is 2. The fourth-order valence-electron chi connectivity index (χ4n) is 0.156. The second-order valence-corrected chi connectivity index (χ2v) is 1.94. The van der Waals surface area contributed by atoms with Gasteiger partial charge in [-0.3, -0.25) is 4.79 Å². The average Bonchev–Trinajstić information content (AvgIpc) is 1.61. The van der Waals surface area contributed by atoms with Crippen LogP contribution in [0.5, 0.6) is 0 Å². The van der Waals surface area contributed by atoms with Crippen molar-refractivity contribution >= 4 is 28.4 Å². The van der Waals surface area contributed by atoms with E-state index in [0.717, 1.165) is 6.08 Å². The van der Waals surface area contributed by atoms with Crippen molar-refractivity contribution in [1.29, 1.82) is 0 Å². The van der Waals surface area contributed by atoms with Crippen LogP contribution >= 0.6 is 23.2 Å². The van der Waals surface area contributed by atoms with Gasteiger partial charge in [0.1, 0.15) is 0 Å². The molecular formula is C5H4Cl2O. The summed E-state index contributed by atoms with van der Waals surface area (Å²) >= 11 is 10.1. The molecule has 3 heteroatoms. The molecule has 1 nitrogen and oxygen atoms in total. The second-order valence-electron chi connectivity index (χ2n) is 1.08. The van der Waals surface area contributed by atoms with Crippen LogP contribution in [0.1, 0.15) is 0 Å². The summed E-state index contributed by atoms with van der Waals surface area (Å²) in [4.78, 5) is 9.93. The Kier molecular flexibility index (Phi) is 3.57. The number of carbonyl (C=O) groups excluding carboxylic acids is 1. The van der Waals surface area contributed by atoms with Gasteiger partial charge < -0.3 is 0 Å². The molecule has 0 atom stereocenters. The summed E-state index contributed by atoms with van der Waals surface area (Å²) in [6, 6.07) is 0. The summed E-state index contributed by atoms with van der Waals surface area (Å²) in [7, 11) is 0. The Labute approximate surface area is 57.6 Å². The molecule has 0 aliphatic carbocycles. The van der Waals surface area contributed by atoms with E-state index < -0.39 is 5.24 Å². The summed E-state index contributed by atoms with van der Waals surface area (Å²) in [5.74, 6) is 0. The summed E-state index contributed by atoms with van der Waals surface area (Å²) in [6.07, 6.45) is 2.47. The van der Waals surface area contributed by atoms with Crippen molar-refractivity contribution < 1.29 is 4.79 Å². The number of carbonyl (C=O) groups is 1. The van der Waals surface area contributed by atoms with Crippen molar-refractivity contribution in [2.75, 3.05) is 0 Å². The van der Waals surface area contributed by atoms with Crippen molar-refractivity contribution in [2.45, 2.75) is 0 Å². The first kappa shape index (κ1) is 7.73. The number of allylic oxidation sites excluding steroid dienone is 3. The zero-order valence-corrected chi connectivity index (χ0v) is 5.54. The molecule has 0 aromatic carbocycles. The normalized spacial score (nSPS) is 9.75. The summed E-state index contributed by atoms with van der Waals surface area (Å²) in [6.45, 7) is 3.29. The molecule has 0 aliphatic rings. The molecule has 0 radical (unpaired) electrons. The van der Waals surface area contributed by atoms with Crippen LogP contribution in [0.2, 0.25) is 0 Å². The highest BCUT2D eigenvalue weighted by molar-refractivity contribution is 6.66. The molecule has 0 aromatic rings. The lowest BCUT2D eigenvalue weighted by atomic mass is 10.5. The highest BCUT2D eigenvalue weighted by atomic mass is 35.5.